The second-order valence-electron chi connectivity index (χ2n) is 5.00. The zero-order chi connectivity index (χ0) is 12.8. The van der Waals surface area contributed by atoms with Crippen LogP contribution in [-0.2, 0) is 0 Å². The molecule has 0 amide bonds. The van der Waals surface area contributed by atoms with Gasteiger partial charge in [0.1, 0.15) is 0 Å². The van der Waals surface area contributed by atoms with E-state index in [1.54, 1.807) is 0 Å². The van der Waals surface area contributed by atoms with E-state index in [0.29, 0.717) is 5.92 Å². The van der Waals surface area contributed by atoms with Crippen LogP contribution in [0.2, 0.25) is 0 Å². The lowest BCUT2D eigenvalue weighted by molar-refractivity contribution is 0.510. The Hall–Kier alpha value is -1.02. The van der Waals surface area contributed by atoms with Crippen LogP contribution in [0.3, 0.4) is 0 Å². The third-order valence-corrected chi connectivity index (χ3v) is 3.18. The number of benzene rings is 1. The zero-order valence-electron chi connectivity index (χ0n) is 11.6. The average molecular weight is 234 g/mol. The molecule has 0 saturated heterocycles. The summed E-state index contributed by atoms with van der Waals surface area (Å²) < 4.78 is 0. The number of hydrogen-bond acceptors (Lipinski definition) is 2. The summed E-state index contributed by atoms with van der Waals surface area (Å²) in [7, 11) is 0. The van der Waals surface area contributed by atoms with Gasteiger partial charge in [0.2, 0.25) is 0 Å². The van der Waals surface area contributed by atoms with Crippen molar-refractivity contribution in [3.05, 3.63) is 29.8 Å². The Morgan fingerprint density at radius 2 is 1.59 bits per heavy atom. The first-order valence-electron chi connectivity index (χ1n) is 6.68. The fourth-order valence-electron chi connectivity index (χ4n) is 2.17. The Bertz CT molecular complexity index is 312. The fraction of sp³-hybridized carbons (Fsp3) is 0.600. The maximum Gasteiger partial charge on any atom is 0.0366 e. The number of anilines is 1. The van der Waals surface area contributed by atoms with Crippen molar-refractivity contribution in [3.63, 3.8) is 0 Å². The van der Waals surface area contributed by atoms with E-state index in [-0.39, 0.29) is 6.04 Å². The van der Waals surface area contributed by atoms with E-state index in [1.165, 1.54) is 11.3 Å². The molecule has 0 aliphatic carbocycles. The summed E-state index contributed by atoms with van der Waals surface area (Å²) in [6.07, 6.45) is 1.05. The summed E-state index contributed by atoms with van der Waals surface area (Å²) in [6.45, 7) is 10.9. The normalized spacial score (nSPS) is 12.8. The Morgan fingerprint density at radius 1 is 1.06 bits per heavy atom. The molecule has 0 unspecified atom stereocenters. The fourth-order valence-corrected chi connectivity index (χ4v) is 2.17. The van der Waals surface area contributed by atoms with Crippen molar-refractivity contribution in [2.75, 3.05) is 18.0 Å². The van der Waals surface area contributed by atoms with E-state index < -0.39 is 0 Å². The Morgan fingerprint density at radius 3 is 2.00 bits per heavy atom. The first-order chi connectivity index (χ1) is 8.08. The van der Waals surface area contributed by atoms with E-state index in [0.717, 1.165) is 19.5 Å². The Labute approximate surface area is 106 Å². The van der Waals surface area contributed by atoms with Crippen molar-refractivity contribution in [2.24, 2.45) is 11.7 Å². The molecule has 0 aliphatic rings. The van der Waals surface area contributed by atoms with Gasteiger partial charge in [0.15, 0.2) is 0 Å². The Balaban J connectivity index is 2.73. The van der Waals surface area contributed by atoms with E-state index >= 15 is 0 Å². The topological polar surface area (TPSA) is 29.3 Å². The average Bonchev–Trinajstić information content (AvgIpc) is 2.30. The Kier molecular flexibility index (Phi) is 5.49. The molecule has 0 fully saturated rings. The van der Waals surface area contributed by atoms with Crippen molar-refractivity contribution < 1.29 is 0 Å². The third-order valence-electron chi connectivity index (χ3n) is 3.18. The van der Waals surface area contributed by atoms with Crippen LogP contribution in [0, 0.1) is 5.92 Å². The second kappa shape index (κ2) is 6.65. The van der Waals surface area contributed by atoms with Gasteiger partial charge in [-0.1, -0.05) is 26.0 Å². The molecule has 2 heteroatoms. The highest BCUT2D eigenvalue weighted by molar-refractivity contribution is 5.47. The lowest BCUT2D eigenvalue weighted by atomic mass is 9.98. The minimum atomic E-state index is 0.167. The molecule has 1 aromatic rings. The van der Waals surface area contributed by atoms with E-state index in [9.17, 15) is 0 Å². The van der Waals surface area contributed by atoms with Gasteiger partial charge in [-0.05, 0) is 43.9 Å². The second-order valence-corrected chi connectivity index (χ2v) is 5.00. The molecule has 2 nitrogen and oxygen atoms in total. The van der Waals surface area contributed by atoms with Crippen LogP contribution < -0.4 is 10.6 Å². The third kappa shape index (κ3) is 4.04. The van der Waals surface area contributed by atoms with Gasteiger partial charge in [-0.3, -0.25) is 0 Å². The lowest BCUT2D eigenvalue weighted by Crippen LogP contribution is -2.21. The van der Waals surface area contributed by atoms with Crippen molar-refractivity contribution in [1.82, 2.24) is 0 Å². The highest BCUT2D eigenvalue weighted by Gasteiger charge is 2.09. The van der Waals surface area contributed by atoms with Crippen LogP contribution in [0.5, 0.6) is 0 Å². The molecule has 17 heavy (non-hydrogen) atoms. The van der Waals surface area contributed by atoms with Crippen LogP contribution in [0.25, 0.3) is 0 Å². The molecule has 0 spiro atoms. The minimum Gasteiger partial charge on any atom is -0.372 e. The van der Waals surface area contributed by atoms with Crippen molar-refractivity contribution in [1.29, 1.82) is 0 Å². The largest absolute Gasteiger partial charge is 0.372 e. The minimum absolute atomic E-state index is 0.167. The van der Waals surface area contributed by atoms with Gasteiger partial charge < -0.3 is 10.6 Å². The van der Waals surface area contributed by atoms with Crippen molar-refractivity contribution >= 4 is 5.69 Å². The van der Waals surface area contributed by atoms with Crippen LogP contribution in [0.15, 0.2) is 24.3 Å². The summed E-state index contributed by atoms with van der Waals surface area (Å²) in [5, 5.41) is 0. The van der Waals surface area contributed by atoms with E-state index in [4.69, 9.17) is 5.73 Å². The monoisotopic (exact) mass is 234 g/mol. The molecule has 0 aliphatic heterocycles. The van der Waals surface area contributed by atoms with Gasteiger partial charge in [-0.2, -0.15) is 0 Å². The molecular formula is C15H26N2. The predicted octanol–water partition coefficient (Wildman–Crippen LogP) is 3.58. The quantitative estimate of drug-likeness (QED) is 0.815. The number of rotatable bonds is 6. The lowest BCUT2D eigenvalue weighted by Gasteiger charge is -2.22. The van der Waals surface area contributed by atoms with Crippen LogP contribution in [-0.4, -0.2) is 13.1 Å². The van der Waals surface area contributed by atoms with Gasteiger partial charge >= 0.3 is 0 Å². The van der Waals surface area contributed by atoms with Gasteiger partial charge in [-0.15, -0.1) is 0 Å². The maximum atomic E-state index is 6.17. The highest BCUT2D eigenvalue weighted by atomic mass is 15.1. The SMILES string of the molecule is CCN(CC)c1ccc([C@@H](N)CC(C)C)cc1. The summed E-state index contributed by atoms with van der Waals surface area (Å²) in [5.41, 5.74) is 8.71. The zero-order valence-corrected chi connectivity index (χ0v) is 11.6. The summed E-state index contributed by atoms with van der Waals surface area (Å²) >= 11 is 0. The van der Waals surface area contributed by atoms with Crippen LogP contribution in [0.1, 0.15) is 45.7 Å². The molecule has 1 aromatic carbocycles. The van der Waals surface area contributed by atoms with Gasteiger partial charge in [0.25, 0.3) is 0 Å². The molecule has 0 heterocycles. The molecule has 96 valence electrons. The first kappa shape index (κ1) is 14.0. The molecule has 0 aromatic heterocycles. The van der Waals surface area contributed by atoms with Crippen LogP contribution in [0.4, 0.5) is 5.69 Å². The molecule has 0 saturated carbocycles. The molecule has 1 atom stereocenters. The molecule has 0 radical (unpaired) electrons. The highest BCUT2D eigenvalue weighted by Crippen LogP contribution is 2.22. The molecule has 1 rings (SSSR count). The maximum absolute atomic E-state index is 6.17. The first-order valence-corrected chi connectivity index (χ1v) is 6.68. The van der Waals surface area contributed by atoms with Crippen LogP contribution >= 0.6 is 0 Å². The standard InChI is InChI=1S/C15H26N2/c1-5-17(6-2)14-9-7-13(8-10-14)15(16)11-12(3)4/h7-10,12,15H,5-6,11,16H2,1-4H3/t15-/m0/s1. The van der Waals surface area contributed by atoms with Gasteiger partial charge in [0, 0.05) is 24.8 Å². The number of hydrogen-bond donors (Lipinski definition) is 1. The number of nitrogens with two attached hydrogens (primary N) is 1. The van der Waals surface area contributed by atoms with E-state index in [2.05, 4.69) is 56.9 Å². The van der Waals surface area contributed by atoms with Crippen molar-refractivity contribution in [3.8, 4) is 0 Å². The number of nitrogens with zero attached hydrogens (tertiary/aromatic N) is 1. The van der Waals surface area contributed by atoms with Gasteiger partial charge in [-0.25, -0.2) is 0 Å². The van der Waals surface area contributed by atoms with Gasteiger partial charge in [0.05, 0.1) is 0 Å². The predicted molar refractivity (Wildman–Crippen MR) is 76.4 cm³/mol. The summed E-state index contributed by atoms with van der Waals surface area (Å²) in [6, 6.07) is 8.87. The van der Waals surface area contributed by atoms with E-state index in [1.807, 2.05) is 0 Å². The summed E-state index contributed by atoms with van der Waals surface area (Å²) in [4.78, 5) is 2.34. The molecular weight excluding hydrogens is 208 g/mol. The van der Waals surface area contributed by atoms with Crippen molar-refractivity contribution in [2.45, 2.75) is 40.2 Å². The molecule has 0 bridgehead atoms. The smallest absolute Gasteiger partial charge is 0.0366 e. The molecule has 2 N–H and O–H groups in total. The summed E-state index contributed by atoms with van der Waals surface area (Å²) in [5.74, 6) is 0.646.